The summed E-state index contributed by atoms with van der Waals surface area (Å²) in [6.45, 7) is 2.57. The lowest BCUT2D eigenvalue weighted by Crippen LogP contribution is -2.31. The molecule has 0 aliphatic heterocycles. The zero-order valence-corrected chi connectivity index (χ0v) is 10.4. The molecule has 96 valence electrons. The number of ether oxygens (including phenoxy) is 1. The number of aromatic nitrogens is 3. The molecular formula is C12H21N3O2. The lowest BCUT2D eigenvalue weighted by Gasteiger charge is -2.29. The molecule has 17 heavy (non-hydrogen) atoms. The summed E-state index contributed by atoms with van der Waals surface area (Å²) in [6.07, 6.45) is 6.78. The van der Waals surface area contributed by atoms with Crippen molar-refractivity contribution in [2.45, 2.75) is 57.7 Å². The van der Waals surface area contributed by atoms with E-state index in [2.05, 4.69) is 15.2 Å². The molecule has 1 saturated carbocycles. The number of H-pyrrole nitrogens is 1. The van der Waals surface area contributed by atoms with Gasteiger partial charge >= 0.3 is 0 Å². The molecule has 0 saturated heterocycles. The van der Waals surface area contributed by atoms with Gasteiger partial charge < -0.3 is 9.84 Å². The number of aliphatic hydroxyl groups excluding tert-OH is 1. The molecule has 0 bridgehead atoms. The van der Waals surface area contributed by atoms with E-state index >= 15 is 0 Å². The summed E-state index contributed by atoms with van der Waals surface area (Å²) in [5.74, 6) is 1.23. The highest BCUT2D eigenvalue weighted by Gasteiger charge is 2.37. The van der Waals surface area contributed by atoms with Gasteiger partial charge in [-0.15, -0.1) is 0 Å². The normalized spacial score (nSPS) is 20.1. The molecule has 1 aromatic heterocycles. The maximum atomic E-state index is 9.04. The second kappa shape index (κ2) is 5.60. The Balaban J connectivity index is 2.24. The number of aliphatic hydroxyl groups is 1. The van der Waals surface area contributed by atoms with Crippen LogP contribution in [0.1, 0.15) is 57.1 Å². The molecule has 0 radical (unpaired) electrons. The summed E-state index contributed by atoms with van der Waals surface area (Å²) in [5.41, 5.74) is -0.338. The van der Waals surface area contributed by atoms with Crippen molar-refractivity contribution >= 4 is 0 Å². The summed E-state index contributed by atoms with van der Waals surface area (Å²) >= 11 is 0. The molecule has 1 aliphatic carbocycles. The average molecular weight is 239 g/mol. The SMILES string of the molecule is CCOC1(c2n[nH]c(CO)n2)CCCCCC1. The van der Waals surface area contributed by atoms with Gasteiger partial charge in [0.1, 0.15) is 18.0 Å². The Kier molecular flexibility index (Phi) is 4.12. The number of hydrogen-bond acceptors (Lipinski definition) is 4. The van der Waals surface area contributed by atoms with E-state index in [9.17, 15) is 0 Å². The van der Waals surface area contributed by atoms with Gasteiger partial charge in [-0.05, 0) is 19.8 Å². The molecule has 2 rings (SSSR count). The van der Waals surface area contributed by atoms with Crippen molar-refractivity contribution in [3.63, 3.8) is 0 Å². The zero-order chi connectivity index (χ0) is 12.1. The smallest absolute Gasteiger partial charge is 0.182 e. The van der Waals surface area contributed by atoms with Gasteiger partial charge in [-0.2, -0.15) is 5.10 Å². The Morgan fingerprint density at radius 2 is 2.00 bits per heavy atom. The monoisotopic (exact) mass is 239 g/mol. The van der Waals surface area contributed by atoms with Crippen LogP contribution in [-0.4, -0.2) is 26.9 Å². The van der Waals surface area contributed by atoms with E-state index in [1.165, 1.54) is 12.8 Å². The first-order valence-corrected chi connectivity index (χ1v) is 6.47. The van der Waals surface area contributed by atoms with Crippen molar-refractivity contribution < 1.29 is 9.84 Å². The van der Waals surface area contributed by atoms with Gasteiger partial charge in [0.2, 0.25) is 0 Å². The molecule has 1 aromatic rings. The second-order valence-corrected chi connectivity index (χ2v) is 4.61. The third kappa shape index (κ3) is 2.66. The summed E-state index contributed by atoms with van der Waals surface area (Å²) in [4.78, 5) is 4.34. The fraction of sp³-hybridized carbons (Fsp3) is 0.833. The van der Waals surface area contributed by atoms with Crippen molar-refractivity contribution in [3.05, 3.63) is 11.6 Å². The second-order valence-electron chi connectivity index (χ2n) is 4.61. The minimum absolute atomic E-state index is 0.102. The number of aromatic amines is 1. The van der Waals surface area contributed by atoms with Crippen molar-refractivity contribution in [2.24, 2.45) is 0 Å². The number of nitrogens with zero attached hydrogens (tertiary/aromatic N) is 2. The summed E-state index contributed by atoms with van der Waals surface area (Å²) in [5, 5.41) is 16.0. The first-order valence-electron chi connectivity index (χ1n) is 6.47. The first kappa shape index (κ1) is 12.5. The van der Waals surface area contributed by atoms with Gasteiger partial charge in [-0.25, -0.2) is 4.98 Å². The van der Waals surface area contributed by atoms with Crippen LogP contribution in [0.3, 0.4) is 0 Å². The summed E-state index contributed by atoms with van der Waals surface area (Å²) in [7, 11) is 0. The molecule has 0 atom stereocenters. The van der Waals surface area contributed by atoms with Gasteiger partial charge in [0.05, 0.1) is 0 Å². The molecule has 1 fully saturated rings. The average Bonchev–Trinajstić information content (AvgIpc) is 2.71. The van der Waals surface area contributed by atoms with Crippen LogP contribution in [0.25, 0.3) is 0 Å². The van der Waals surface area contributed by atoms with Gasteiger partial charge in [-0.1, -0.05) is 25.7 Å². The highest BCUT2D eigenvalue weighted by Crippen LogP contribution is 2.37. The molecule has 1 heterocycles. The predicted octanol–water partition coefficient (Wildman–Crippen LogP) is 1.88. The standard InChI is InChI=1S/C12H21N3O2/c1-2-17-12(7-5-3-4-6-8-12)11-13-10(9-16)14-15-11/h16H,2-9H2,1H3,(H,13,14,15). The van der Waals surface area contributed by atoms with E-state index in [1.54, 1.807) is 0 Å². The third-order valence-corrected chi connectivity index (χ3v) is 3.42. The van der Waals surface area contributed by atoms with Crippen molar-refractivity contribution in [3.8, 4) is 0 Å². The van der Waals surface area contributed by atoms with Crippen LogP contribution in [0, 0.1) is 0 Å². The zero-order valence-electron chi connectivity index (χ0n) is 10.4. The van der Waals surface area contributed by atoms with Gasteiger partial charge in [-0.3, -0.25) is 5.10 Å². The van der Waals surface area contributed by atoms with Crippen LogP contribution in [0.2, 0.25) is 0 Å². The fourth-order valence-electron chi connectivity index (χ4n) is 2.58. The summed E-state index contributed by atoms with van der Waals surface area (Å²) in [6, 6.07) is 0. The Morgan fingerprint density at radius 3 is 2.53 bits per heavy atom. The molecule has 2 N–H and O–H groups in total. The van der Waals surface area contributed by atoms with Crippen LogP contribution in [-0.2, 0) is 16.9 Å². The van der Waals surface area contributed by atoms with Crippen molar-refractivity contribution in [1.82, 2.24) is 15.2 Å². The van der Waals surface area contributed by atoms with Crippen LogP contribution in [0.5, 0.6) is 0 Å². The molecule has 0 unspecified atom stereocenters. The first-order chi connectivity index (χ1) is 8.30. The molecular weight excluding hydrogens is 218 g/mol. The van der Waals surface area contributed by atoms with Crippen LogP contribution in [0.15, 0.2) is 0 Å². The van der Waals surface area contributed by atoms with E-state index in [-0.39, 0.29) is 12.2 Å². The van der Waals surface area contributed by atoms with Gasteiger partial charge in [0.25, 0.3) is 0 Å². The van der Waals surface area contributed by atoms with Crippen molar-refractivity contribution in [1.29, 1.82) is 0 Å². The highest BCUT2D eigenvalue weighted by atomic mass is 16.5. The Morgan fingerprint density at radius 1 is 1.29 bits per heavy atom. The maximum Gasteiger partial charge on any atom is 0.182 e. The minimum atomic E-state index is -0.338. The molecule has 5 heteroatoms. The molecule has 1 aliphatic rings. The Bertz CT molecular complexity index is 343. The minimum Gasteiger partial charge on any atom is -0.388 e. The molecule has 0 spiro atoms. The van der Waals surface area contributed by atoms with E-state index in [0.29, 0.717) is 18.3 Å². The van der Waals surface area contributed by atoms with Crippen molar-refractivity contribution in [2.75, 3.05) is 6.61 Å². The van der Waals surface area contributed by atoms with Crippen LogP contribution >= 0.6 is 0 Å². The largest absolute Gasteiger partial charge is 0.388 e. The van der Waals surface area contributed by atoms with E-state index in [4.69, 9.17) is 9.84 Å². The maximum absolute atomic E-state index is 9.04. The predicted molar refractivity (Wildman–Crippen MR) is 63.3 cm³/mol. The Hall–Kier alpha value is -0.940. The topological polar surface area (TPSA) is 71.0 Å². The molecule has 0 amide bonds. The quantitative estimate of drug-likeness (QED) is 0.787. The Labute approximate surface area is 102 Å². The van der Waals surface area contributed by atoms with Crippen LogP contribution in [0.4, 0.5) is 0 Å². The molecule has 5 nitrogen and oxygen atoms in total. The number of rotatable bonds is 4. The lowest BCUT2D eigenvalue weighted by atomic mass is 9.93. The third-order valence-electron chi connectivity index (χ3n) is 3.42. The molecule has 0 aromatic carbocycles. The number of hydrogen-bond donors (Lipinski definition) is 2. The highest BCUT2D eigenvalue weighted by molar-refractivity contribution is 5.04. The van der Waals surface area contributed by atoms with E-state index in [0.717, 1.165) is 25.7 Å². The van der Waals surface area contributed by atoms with E-state index < -0.39 is 0 Å². The summed E-state index contributed by atoms with van der Waals surface area (Å²) < 4.78 is 5.97. The van der Waals surface area contributed by atoms with E-state index in [1.807, 2.05) is 6.92 Å². The fourth-order valence-corrected chi connectivity index (χ4v) is 2.58. The van der Waals surface area contributed by atoms with Crippen LogP contribution < -0.4 is 0 Å². The lowest BCUT2D eigenvalue weighted by molar-refractivity contribution is -0.0622. The van der Waals surface area contributed by atoms with Gasteiger partial charge in [0.15, 0.2) is 5.82 Å². The number of nitrogens with one attached hydrogen (secondary N) is 1. The van der Waals surface area contributed by atoms with Gasteiger partial charge in [0, 0.05) is 6.61 Å².